The van der Waals surface area contributed by atoms with E-state index in [1.54, 1.807) is 0 Å². The molecule has 0 bridgehead atoms. The molecular weight excluding hydrogens is 244 g/mol. The predicted molar refractivity (Wildman–Crippen MR) is 63.3 cm³/mol. The number of sulfonamides is 1. The van der Waals surface area contributed by atoms with Crippen LogP contribution in [0.4, 0.5) is 5.69 Å². The van der Waals surface area contributed by atoms with Crippen LogP contribution in [0.2, 0.25) is 0 Å². The number of nitrogens with two attached hydrogens (primary N) is 2. The van der Waals surface area contributed by atoms with Crippen molar-refractivity contribution in [3.05, 3.63) is 24.3 Å². The third-order valence-electron chi connectivity index (χ3n) is 1.90. The smallest absolute Gasteiger partial charge is 0.239 e. The molecule has 1 aromatic carbocycles. The van der Waals surface area contributed by atoms with Crippen molar-refractivity contribution in [3.63, 3.8) is 0 Å². The minimum Gasteiger partial charge on any atom is -0.330 e. The fourth-order valence-corrected chi connectivity index (χ4v) is 1.58. The second-order valence-corrected chi connectivity index (χ2v) is 4.84. The summed E-state index contributed by atoms with van der Waals surface area (Å²) in [5.74, 6) is -0.247. The van der Waals surface area contributed by atoms with Crippen molar-refractivity contribution >= 4 is 21.6 Å². The van der Waals surface area contributed by atoms with Crippen molar-refractivity contribution in [2.24, 2.45) is 10.9 Å². The fourth-order valence-electron chi connectivity index (χ4n) is 1.06. The van der Waals surface area contributed by atoms with Gasteiger partial charge in [-0.25, -0.2) is 13.6 Å². The molecule has 7 nitrogen and oxygen atoms in total. The lowest BCUT2D eigenvalue weighted by molar-refractivity contribution is -0.120. The number of carbonyl (C=O) groups excluding carboxylic acids is 1. The first kappa shape index (κ1) is 13.4. The van der Waals surface area contributed by atoms with E-state index < -0.39 is 10.0 Å². The van der Waals surface area contributed by atoms with E-state index in [0.29, 0.717) is 5.69 Å². The molecule has 0 heterocycles. The maximum Gasteiger partial charge on any atom is 0.239 e. The monoisotopic (exact) mass is 258 g/mol. The lowest BCUT2D eigenvalue weighted by Gasteiger charge is -2.08. The van der Waals surface area contributed by atoms with E-state index in [2.05, 4.69) is 10.9 Å². The highest BCUT2D eigenvalue weighted by molar-refractivity contribution is 7.89. The molecule has 0 aromatic heterocycles. The Balaban J connectivity index is 2.60. The Morgan fingerprint density at radius 2 is 1.82 bits per heavy atom. The molecule has 0 saturated heterocycles. The molecule has 8 heteroatoms. The molecule has 6 N–H and O–H groups in total. The van der Waals surface area contributed by atoms with Gasteiger partial charge in [0.1, 0.15) is 0 Å². The highest BCUT2D eigenvalue weighted by Gasteiger charge is 2.06. The van der Waals surface area contributed by atoms with Gasteiger partial charge in [-0.1, -0.05) is 0 Å². The van der Waals surface area contributed by atoms with E-state index in [9.17, 15) is 13.2 Å². The molecule has 17 heavy (non-hydrogen) atoms. The number of hydrogen-bond acceptors (Lipinski definition) is 5. The normalized spacial score (nSPS) is 10.9. The van der Waals surface area contributed by atoms with Crippen molar-refractivity contribution in [1.82, 2.24) is 5.43 Å². The van der Waals surface area contributed by atoms with Crippen LogP contribution in [0.15, 0.2) is 29.2 Å². The van der Waals surface area contributed by atoms with Crippen LogP contribution < -0.4 is 21.7 Å². The van der Waals surface area contributed by atoms with Crippen LogP contribution in [0, 0.1) is 0 Å². The van der Waals surface area contributed by atoms with Gasteiger partial charge in [0.05, 0.1) is 10.6 Å². The summed E-state index contributed by atoms with van der Waals surface area (Å²) in [5, 5.41) is 4.94. The van der Waals surface area contributed by atoms with Gasteiger partial charge < -0.3 is 5.73 Å². The summed E-state index contributed by atoms with van der Waals surface area (Å²) < 4.78 is 21.9. The molecule has 1 aromatic rings. The van der Waals surface area contributed by atoms with Crippen molar-refractivity contribution in [1.29, 1.82) is 0 Å². The molecule has 0 radical (unpaired) electrons. The van der Waals surface area contributed by atoms with Crippen LogP contribution in [-0.2, 0) is 14.8 Å². The van der Waals surface area contributed by atoms with E-state index in [0.717, 1.165) is 0 Å². The Bertz CT molecular complexity index is 483. The van der Waals surface area contributed by atoms with Gasteiger partial charge in [-0.2, -0.15) is 0 Å². The van der Waals surface area contributed by atoms with E-state index in [4.69, 9.17) is 10.9 Å². The van der Waals surface area contributed by atoms with Crippen LogP contribution in [0.5, 0.6) is 0 Å². The second-order valence-electron chi connectivity index (χ2n) is 3.28. The maximum atomic E-state index is 11.1. The molecule has 0 spiro atoms. The van der Waals surface area contributed by atoms with Gasteiger partial charge in [0.2, 0.25) is 15.9 Å². The van der Waals surface area contributed by atoms with Crippen LogP contribution in [0.3, 0.4) is 0 Å². The molecule has 0 saturated carbocycles. The number of benzene rings is 1. The average Bonchev–Trinajstić information content (AvgIpc) is 2.26. The largest absolute Gasteiger partial charge is 0.330 e. The van der Waals surface area contributed by atoms with Crippen LogP contribution in [0.25, 0.3) is 0 Å². The zero-order chi connectivity index (χ0) is 12.9. The van der Waals surface area contributed by atoms with Gasteiger partial charge in [-0.05, 0) is 24.3 Å². The molecule has 0 aliphatic carbocycles. The number of carbonyl (C=O) groups is 1. The van der Waals surface area contributed by atoms with E-state index in [-0.39, 0.29) is 23.8 Å². The van der Waals surface area contributed by atoms with Crippen LogP contribution >= 0.6 is 0 Å². The number of primary sulfonamides is 1. The third-order valence-corrected chi connectivity index (χ3v) is 2.83. The minimum atomic E-state index is -3.69. The Morgan fingerprint density at radius 3 is 2.29 bits per heavy atom. The summed E-state index contributed by atoms with van der Waals surface area (Å²) >= 11 is 0. The molecule has 1 amide bonds. The quantitative estimate of drug-likeness (QED) is 0.510. The zero-order valence-corrected chi connectivity index (χ0v) is 9.83. The first-order valence-electron chi connectivity index (χ1n) is 4.81. The summed E-state index contributed by atoms with van der Waals surface area (Å²) in [4.78, 5) is 11.1. The Hall–Kier alpha value is -1.64. The SMILES string of the molecule is NCCC(=O)NNc1ccc(S(N)(=O)=O)cc1. The molecule has 0 unspecified atom stereocenters. The van der Waals surface area contributed by atoms with E-state index in [1.165, 1.54) is 24.3 Å². The topological polar surface area (TPSA) is 127 Å². The molecule has 0 aliphatic heterocycles. The predicted octanol–water partition coefficient (Wildman–Crippen LogP) is -0.874. The highest BCUT2D eigenvalue weighted by Crippen LogP contribution is 2.11. The molecule has 0 aliphatic rings. The number of anilines is 1. The van der Waals surface area contributed by atoms with Gasteiger partial charge in [0, 0.05) is 13.0 Å². The summed E-state index contributed by atoms with van der Waals surface area (Å²) in [6.45, 7) is 0.262. The van der Waals surface area contributed by atoms with Gasteiger partial charge in [0.15, 0.2) is 0 Å². The van der Waals surface area contributed by atoms with Gasteiger partial charge >= 0.3 is 0 Å². The Kier molecular flexibility index (Phi) is 4.44. The first-order valence-corrected chi connectivity index (χ1v) is 6.36. The van der Waals surface area contributed by atoms with Gasteiger partial charge in [-0.15, -0.1) is 0 Å². The standard InChI is InChI=1S/C9H14N4O3S/c10-6-5-9(14)13-12-7-1-3-8(4-2-7)17(11,15)16/h1-4,12H,5-6,10H2,(H,13,14)(H2,11,15,16). The number of rotatable bonds is 5. The molecule has 1 rings (SSSR count). The summed E-state index contributed by atoms with van der Waals surface area (Å²) in [6, 6.07) is 5.66. The van der Waals surface area contributed by atoms with Crippen molar-refractivity contribution < 1.29 is 13.2 Å². The third kappa shape index (κ3) is 4.39. The van der Waals surface area contributed by atoms with Crippen LogP contribution in [-0.4, -0.2) is 20.9 Å². The molecule has 94 valence electrons. The van der Waals surface area contributed by atoms with E-state index >= 15 is 0 Å². The summed E-state index contributed by atoms with van der Waals surface area (Å²) in [6.07, 6.45) is 0.211. The van der Waals surface area contributed by atoms with Crippen molar-refractivity contribution in [2.45, 2.75) is 11.3 Å². The van der Waals surface area contributed by atoms with Crippen molar-refractivity contribution in [3.8, 4) is 0 Å². The van der Waals surface area contributed by atoms with Crippen molar-refractivity contribution in [2.75, 3.05) is 12.0 Å². The summed E-state index contributed by atoms with van der Waals surface area (Å²) in [5.41, 5.74) is 10.8. The molecule has 0 fully saturated rings. The molecular formula is C9H14N4O3S. The Labute approximate surface area is 99.2 Å². The second kappa shape index (κ2) is 5.62. The number of amides is 1. The highest BCUT2D eigenvalue weighted by atomic mass is 32.2. The number of hydrazine groups is 1. The molecule has 0 atom stereocenters. The lowest BCUT2D eigenvalue weighted by Crippen LogP contribution is -2.30. The average molecular weight is 258 g/mol. The lowest BCUT2D eigenvalue weighted by atomic mass is 10.3. The van der Waals surface area contributed by atoms with Gasteiger partial charge in [0.25, 0.3) is 0 Å². The first-order chi connectivity index (χ1) is 7.93. The maximum absolute atomic E-state index is 11.1. The fraction of sp³-hybridized carbons (Fsp3) is 0.222. The zero-order valence-electron chi connectivity index (χ0n) is 9.01. The van der Waals surface area contributed by atoms with Crippen LogP contribution in [0.1, 0.15) is 6.42 Å². The number of nitrogens with one attached hydrogen (secondary N) is 2. The minimum absolute atomic E-state index is 0.0105. The van der Waals surface area contributed by atoms with E-state index in [1.807, 2.05) is 0 Å². The Morgan fingerprint density at radius 1 is 1.24 bits per heavy atom. The van der Waals surface area contributed by atoms with Gasteiger partial charge in [-0.3, -0.25) is 15.6 Å². The number of hydrogen-bond donors (Lipinski definition) is 4. The summed E-state index contributed by atoms with van der Waals surface area (Å²) in [7, 11) is -3.69.